The number of ether oxygens (including phenoxy) is 2. The Morgan fingerprint density at radius 2 is 2.14 bits per heavy atom. The van der Waals surface area contributed by atoms with Crippen molar-refractivity contribution in [2.45, 2.75) is 44.4 Å². The summed E-state index contributed by atoms with van der Waals surface area (Å²) in [6.45, 7) is 2.50. The molecule has 0 spiro atoms. The largest absolute Gasteiger partial charge is 0.396 e. The predicted octanol–water partition coefficient (Wildman–Crippen LogP) is 2.42. The van der Waals surface area contributed by atoms with Crippen LogP contribution in [0.25, 0.3) is 0 Å². The van der Waals surface area contributed by atoms with Crippen molar-refractivity contribution < 1.29 is 14.6 Å². The molecule has 1 aliphatic carbocycles. The van der Waals surface area contributed by atoms with Gasteiger partial charge in [-0.15, -0.1) is 0 Å². The Hall–Kier alpha value is -0.940. The predicted molar refractivity (Wildman–Crippen MR) is 85.6 cm³/mol. The average molecular weight is 305 g/mol. The molecule has 3 rings (SSSR count). The molecule has 4 nitrogen and oxygen atoms in total. The van der Waals surface area contributed by atoms with E-state index in [0.717, 1.165) is 38.8 Å². The second-order valence-electron chi connectivity index (χ2n) is 6.28. The van der Waals surface area contributed by atoms with Gasteiger partial charge >= 0.3 is 0 Å². The van der Waals surface area contributed by atoms with Crippen molar-refractivity contribution in [3.05, 3.63) is 35.4 Å². The maximum absolute atomic E-state index is 9.66. The fraction of sp³-hybridized carbons (Fsp3) is 0.667. The van der Waals surface area contributed by atoms with Gasteiger partial charge in [-0.1, -0.05) is 24.3 Å². The van der Waals surface area contributed by atoms with E-state index >= 15 is 0 Å². The van der Waals surface area contributed by atoms with Crippen LogP contribution in [0.15, 0.2) is 24.3 Å². The molecule has 1 aromatic rings. The van der Waals surface area contributed by atoms with E-state index in [1.165, 1.54) is 17.5 Å². The van der Waals surface area contributed by atoms with E-state index in [9.17, 15) is 5.11 Å². The van der Waals surface area contributed by atoms with Gasteiger partial charge in [0.2, 0.25) is 0 Å². The molecular formula is C18H27NO3. The van der Waals surface area contributed by atoms with Crippen LogP contribution in [0.1, 0.15) is 42.9 Å². The van der Waals surface area contributed by atoms with E-state index in [2.05, 4.69) is 29.6 Å². The Morgan fingerprint density at radius 1 is 1.23 bits per heavy atom. The number of rotatable bonds is 6. The molecule has 3 atom stereocenters. The first-order chi connectivity index (χ1) is 10.9. The summed E-state index contributed by atoms with van der Waals surface area (Å²) in [5.41, 5.74) is 2.74. The summed E-state index contributed by atoms with van der Waals surface area (Å²) in [6, 6.07) is 8.79. The summed E-state index contributed by atoms with van der Waals surface area (Å²) in [6.07, 6.45) is 5.42. The zero-order valence-corrected chi connectivity index (χ0v) is 13.2. The Morgan fingerprint density at radius 3 is 2.95 bits per heavy atom. The lowest BCUT2D eigenvalue weighted by molar-refractivity contribution is -0.161. The van der Waals surface area contributed by atoms with Crippen LogP contribution in [0.4, 0.5) is 0 Å². The molecule has 1 saturated heterocycles. The Bertz CT molecular complexity index is 459. The van der Waals surface area contributed by atoms with Gasteiger partial charge in [-0.25, -0.2) is 0 Å². The highest BCUT2D eigenvalue weighted by molar-refractivity contribution is 5.33. The van der Waals surface area contributed by atoms with Gasteiger partial charge in [0.05, 0.1) is 6.61 Å². The number of hydrogen-bond donors (Lipinski definition) is 2. The molecule has 0 aromatic heterocycles. The van der Waals surface area contributed by atoms with E-state index < -0.39 is 0 Å². The first kappa shape index (κ1) is 15.9. The third kappa shape index (κ3) is 3.87. The molecule has 122 valence electrons. The molecule has 0 bridgehead atoms. The fourth-order valence-electron chi connectivity index (χ4n) is 3.55. The maximum atomic E-state index is 9.66. The summed E-state index contributed by atoms with van der Waals surface area (Å²) < 4.78 is 11.4. The van der Waals surface area contributed by atoms with Crippen molar-refractivity contribution in [3.8, 4) is 0 Å². The zero-order valence-electron chi connectivity index (χ0n) is 13.2. The van der Waals surface area contributed by atoms with Crippen LogP contribution in [0.5, 0.6) is 0 Å². The minimum absolute atomic E-state index is 0.0252. The summed E-state index contributed by atoms with van der Waals surface area (Å²) in [4.78, 5) is 0. The minimum Gasteiger partial charge on any atom is -0.396 e. The van der Waals surface area contributed by atoms with Crippen molar-refractivity contribution in [2.24, 2.45) is 5.92 Å². The van der Waals surface area contributed by atoms with E-state index in [1.54, 1.807) is 0 Å². The van der Waals surface area contributed by atoms with E-state index in [-0.39, 0.29) is 18.9 Å². The van der Waals surface area contributed by atoms with Gasteiger partial charge in [-0.3, -0.25) is 0 Å². The number of aryl methyl sites for hydroxylation is 1. The lowest BCUT2D eigenvalue weighted by Gasteiger charge is -2.33. The molecule has 4 heteroatoms. The van der Waals surface area contributed by atoms with E-state index in [1.807, 2.05) is 0 Å². The summed E-state index contributed by atoms with van der Waals surface area (Å²) in [5.74, 6) is 0.292. The van der Waals surface area contributed by atoms with Crippen LogP contribution < -0.4 is 5.32 Å². The summed E-state index contributed by atoms with van der Waals surface area (Å²) >= 11 is 0. The van der Waals surface area contributed by atoms with Crippen LogP contribution in [-0.4, -0.2) is 37.8 Å². The molecule has 0 amide bonds. The molecule has 0 radical (unpaired) electrons. The minimum atomic E-state index is -0.0252. The maximum Gasteiger partial charge on any atom is 0.157 e. The smallest absolute Gasteiger partial charge is 0.157 e. The SMILES string of the molecule is OC[C@@H]1CCc2ccccc2[C@@H]1NCCO[C@@H]1CCCCO1. The van der Waals surface area contributed by atoms with E-state index in [4.69, 9.17) is 9.47 Å². The molecule has 22 heavy (non-hydrogen) atoms. The number of aliphatic hydroxyl groups excluding tert-OH is 1. The summed E-state index contributed by atoms with van der Waals surface area (Å²) in [7, 11) is 0. The zero-order chi connectivity index (χ0) is 15.2. The van der Waals surface area contributed by atoms with Gasteiger partial charge < -0.3 is 19.9 Å². The van der Waals surface area contributed by atoms with Gasteiger partial charge in [0.25, 0.3) is 0 Å². The third-order valence-corrected chi connectivity index (χ3v) is 4.79. The number of nitrogens with one attached hydrogen (secondary N) is 1. The Labute approximate surface area is 132 Å². The molecule has 1 fully saturated rings. The second kappa shape index (κ2) is 8.06. The van der Waals surface area contributed by atoms with Gasteiger partial charge in [-0.2, -0.15) is 0 Å². The third-order valence-electron chi connectivity index (χ3n) is 4.79. The van der Waals surface area contributed by atoms with Crippen LogP contribution in [-0.2, 0) is 15.9 Å². The molecule has 1 heterocycles. The van der Waals surface area contributed by atoms with Crippen LogP contribution in [0.3, 0.4) is 0 Å². The summed E-state index contributed by atoms with van der Waals surface area (Å²) in [5, 5.41) is 13.2. The van der Waals surface area contributed by atoms with Gasteiger partial charge in [0, 0.05) is 31.7 Å². The normalized spacial score (nSPS) is 28.3. The second-order valence-corrected chi connectivity index (χ2v) is 6.28. The first-order valence-corrected chi connectivity index (χ1v) is 8.53. The quantitative estimate of drug-likeness (QED) is 0.793. The van der Waals surface area contributed by atoms with Crippen molar-refractivity contribution in [1.82, 2.24) is 5.32 Å². The molecular weight excluding hydrogens is 278 g/mol. The van der Waals surface area contributed by atoms with Crippen molar-refractivity contribution >= 4 is 0 Å². The molecule has 2 aliphatic rings. The van der Waals surface area contributed by atoms with Gasteiger partial charge in [0.15, 0.2) is 6.29 Å². The monoisotopic (exact) mass is 305 g/mol. The molecule has 0 unspecified atom stereocenters. The lowest BCUT2D eigenvalue weighted by atomic mass is 9.80. The van der Waals surface area contributed by atoms with Gasteiger partial charge in [-0.05, 0) is 43.2 Å². The van der Waals surface area contributed by atoms with Crippen LogP contribution in [0.2, 0.25) is 0 Å². The highest BCUT2D eigenvalue weighted by Crippen LogP contribution is 2.33. The highest BCUT2D eigenvalue weighted by atomic mass is 16.7. The van der Waals surface area contributed by atoms with Crippen molar-refractivity contribution in [3.63, 3.8) is 0 Å². The fourth-order valence-corrected chi connectivity index (χ4v) is 3.55. The topological polar surface area (TPSA) is 50.7 Å². The molecule has 0 saturated carbocycles. The standard InChI is InChI=1S/C18H27NO3/c20-13-15-9-8-14-5-1-2-6-16(14)18(15)19-10-12-22-17-7-3-4-11-21-17/h1-2,5-6,15,17-20H,3-4,7-13H2/t15-,17+,18+/m0/s1. The van der Waals surface area contributed by atoms with Crippen molar-refractivity contribution in [1.29, 1.82) is 0 Å². The highest BCUT2D eigenvalue weighted by Gasteiger charge is 2.28. The van der Waals surface area contributed by atoms with Crippen molar-refractivity contribution in [2.75, 3.05) is 26.4 Å². The molecule has 2 N–H and O–H groups in total. The van der Waals surface area contributed by atoms with Crippen LogP contribution >= 0.6 is 0 Å². The van der Waals surface area contributed by atoms with E-state index in [0.29, 0.717) is 12.5 Å². The number of hydrogen-bond acceptors (Lipinski definition) is 4. The number of aliphatic hydroxyl groups is 1. The average Bonchev–Trinajstić information content (AvgIpc) is 2.59. The Kier molecular flexibility index (Phi) is 5.84. The lowest BCUT2D eigenvalue weighted by Crippen LogP contribution is -2.36. The number of fused-ring (bicyclic) bond motifs is 1. The molecule has 1 aliphatic heterocycles. The first-order valence-electron chi connectivity index (χ1n) is 8.53. The van der Waals surface area contributed by atoms with Gasteiger partial charge in [0.1, 0.15) is 0 Å². The van der Waals surface area contributed by atoms with Crippen LogP contribution in [0, 0.1) is 5.92 Å². The Balaban J connectivity index is 1.51. The molecule has 1 aromatic carbocycles. The number of benzene rings is 1.